The van der Waals surface area contributed by atoms with Crippen molar-refractivity contribution in [3.63, 3.8) is 0 Å². The Morgan fingerprint density at radius 3 is 2.69 bits per heavy atom. The molecular formula is C9H8ClN3. The summed E-state index contributed by atoms with van der Waals surface area (Å²) in [5, 5.41) is 0. The van der Waals surface area contributed by atoms with E-state index in [2.05, 4.69) is 9.98 Å². The van der Waals surface area contributed by atoms with E-state index in [1.807, 2.05) is 30.3 Å². The molecule has 1 aliphatic rings. The molecule has 0 aromatic heterocycles. The summed E-state index contributed by atoms with van der Waals surface area (Å²) in [6.45, 7) is 0. The molecule has 0 spiro atoms. The van der Waals surface area contributed by atoms with Gasteiger partial charge >= 0.3 is 0 Å². The molecule has 1 aliphatic heterocycles. The second-order valence-electron chi connectivity index (χ2n) is 2.58. The molecule has 1 atom stereocenters. The van der Waals surface area contributed by atoms with Gasteiger partial charge in [-0.1, -0.05) is 29.8 Å². The molecule has 4 heteroatoms. The minimum Gasteiger partial charge on any atom is -0.297 e. The van der Waals surface area contributed by atoms with Gasteiger partial charge in [0.05, 0.1) is 6.34 Å². The van der Waals surface area contributed by atoms with Gasteiger partial charge in [-0.2, -0.15) is 0 Å². The first-order valence-corrected chi connectivity index (χ1v) is 4.34. The number of alkyl halides is 1. The van der Waals surface area contributed by atoms with Gasteiger partial charge in [-0.15, -0.1) is 0 Å². The number of hydrogen-bond donors (Lipinski definition) is 0. The van der Waals surface area contributed by atoms with Gasteiger partial charge in [0.1, 0.15) is 6.34 Å². The SMILES string of the molecule is ClC1N=CN=CN1c1ccccc1. The highest BCUT2D eigenvalue weighted by Crippen LogP contribution is 2.18. The van der Waals surface area contributed by atoms with Crippen LogP contribution in [-0.2, 0) is 0 Å². The average molecular weight is 194 g/mol. The zero-order valence-corrected chi connectivity index (χ0v) is 7.59. The van der Waals surface area contributed by atoms with Gasteiger partial charge in [-0.05, 0) is 12.1 Å². The Bertz CT molecular complexity index is 334. The van der Waals surface area contributed by atoms with Crippen LogP contribution in [-0.4, -0.2) is 18.3 Å². The summed E-state index contributed by atoms with van der Waals surface area (Å²) in [6.07, 6.45) is 3.12. The van der Waals surface area contributed by atoms with Crippen molar-refractivity contribution in [1.29, 1.82) is 0 Å². The Balaban J connectivity index is 2.27. The molecule has 1 aromatic carbocycles. The highest BCUT2D eigenvalue weighted by Gasteiger charge is 2.14. The smallest absolute Gasteiger partial charge is 0.204 e. The standard InChI is InChI=1S/C9H8ClN3/c10-9-12-6-11-7-13(9)8-4-2-1-3-5-8/h1-7,9H. The van der Waals surface area contributed by atoms with Crippen molar-refractivity contribution >= 4 is 30.0 Å². The third-order valence-corrected chi connectivity index (χ3v) is 2.05. The predicted molar refractivity (Wildman–Crippen MR) is 55.5 cm³/mol. The number of rotatable bonds is 1. The number of para-hydroxylation sites is 1. The fourth-order valence-corrected chi connectivity index (χ4v) is 1.33. The molecule has 0 saturated carbocycles. The number of hydrogen-bond acceptors (Lipinski definition) is 3. The van der Waals surface area contributed by atoms with Crippen molar-refractivity contribution in [2.24, 2.45) is 9.98 Å². The van der Waals surface area contributed by atoms with Crippen molar-refractivity contribution < 1.29 is 0 Å². The van der Waals surface area contributed by atoms with Crippen LogP contribution >= 0.6 is 11.6 Å². The van der Waals surface area contributed by atoms with Crippen LogP contribution in [0.15, 0.2) is 40.3 Å². The number of anilines is 1. The van der Waals surface area contributed by atoms with Gasteiger partial charge in [0.25, 0.3) is 0 Å². The number of aliphatic imine (C=N–C) groups is 2. The van der Waals surface area contributed by atoms with E-state index in [9.17, 15) is 0 Å². The van der Waals surface area contributed by atoms with Crippen LogP contribution in [0.1, 0.15) is 0 Å². The van der Waals surface area contributed by atoms with E-state index in [-0.39, 0.29) is 5.62 Å². The maximum Gasteiger partial charge on any atom is 0.204 e. The molecule has 0 fully saturated rings. The van der Waals surface area contributed by atoms with E-state index in [4.69, 9.17) is 11.6 Å². The first-order chi connectivity index (χ1) is 6.38. The molecule has 13 heavy (non-hydrogen) atoms. The molecular weight excluding hydrogens is 186 g/mol. The summed E-state index contributed by atoms with van der Waals surface area (Å²) in [5.41, 5.74) is 0.600. The van der Waals surface area contributed by atoms with Crippen LogP contribution in [0.5, 0.6) is 0 Å². The van der Waals surface area contributed by atoms with E-state index in [0.29, 0.717) is 0 Å². The lowest BCUT2D eigenvalue weighted by atomic mass is 10.3. The van der Waals surface area contributed by atoms with E-state index >= 15 is 0 Å². The van der Waals surface area contributed by atoms with E-state index in [0.717, 1.165) is 5.69 Å². The quantitative estimate of drug-likeness (QED) is 0.496. The normalized spacial score (nSPS) is 20.7. The molecule has 0 N–H and O–H groups in total. The van der Waals surface area contributed by atoms with Gasteiger partial charge in [0.15, 0.2) is 0 Å². The van der Waals surface area contributed by atoms with Gasteiger partial charge in [0, 0.05) is 5.69 Å². The zero-order valence-electron chi connectivity index (χ0n) is 6.84. The Labute approximate surface area is 81.4 Å². The molecule has 1 heterocycles. The van der Waals surface area contributed by atoms with Crippen LogP contribution in [0.4, 0.5) is 5.69 Å². The minimum atomic E-state index is -0.389. The fourth-order valence-electron chi connectivity index (χ4n) is 1.11. The lowest BCUT2D eigenvalue weighted by Gasteiger charge is -2.23. The lowest BCUT2D eigenvalue weighted by molar-refractivity contribution is 0.931. The van der Waals surface area contributed by atoms with Crippen LogP contribution in [0.25, 0.3) is 0 Å². The molecule has 1 unspecified atom stereocenters. The molecule has 0 amide bonds. The van der Waals surface area contributed by atoms with Crippen molar-refractivity contribution in [1.82, 2.24) is 0 Å². The topological polar surface area (TPSA) is 28.0 Å². The second kappa shape index (κ2) is 3.58. The summed E-state index contributed by atoms with van der Waals surface area (Å²) in [6, 6.07) is 9.78. The van der Waals surface area contributed by atoms with Gasteiger partial charge in [-0.3, -0.25) is 4.90 Å². The average Bonchev–Trinajstić information content (AvgIpc) is 2.20. The number of halogens is 1. The van der Waals surface area contributed by atoms with Crippen LogP contribution in [0.2, 0.25) is 0 Å². The summed E-state index contributed by atoms with van der Waals surface area (Å²) < 4.78 is 0. The second-order valence-corrected chi connectivity index (χ2v) is 2.97. The van der Waals surface area contributed by atoms with Crippen molar-refractivity contribution in [2.75, 3.05) is 4.90 Å². The highest BCUT2D eigenvalue weighted by atomic mass is 35.5. The third kappa shape index (κ3) is 1.70. The predicted octanol–water partition coefficient (Wildman–Crippen LogP) is 2.09. The molecule has 0 saturated heterocycles. The summed E-state index contributed by atoms with van der Waals surface area (Å²) in [7, 11) is 0. The number of nitrogens with zero attached hydrogens (tertiary/aromatic N) is 3. The van der Waals surface area contributed by atoms with Gasteiger partial charge in [-0.25, -0.2) is 9.98 Å². The van der Waals surface area contributed by atoms with E-state index < -0.39 is 0 Å². The Morgan fingerprint density at radius 2 is 2.00 bits per heavy atom. The number of benzene rings is 1. The Kier molecular flexibility index (Phi) is 2.27. The van der Waals surface area contributed by atoms with E-state index in [1.54, 1.807) is 11.2 Å². The lowest BCUT2D eigenvalue weighted by Crippen LogP contribution is -2.30. The third-order valence-electron chi connectivity index (χ3n) is 1.73. The van der Waals surface area contributed by atoms with Crippen molar-refractivity contribution in [3.05, 3.63) is 30.3 Å². The summed E-state index contributed by atoms with van der Waals surface area (Å²) in [5.74, 6) is 0. The van der Waals surface area contributed by atoms with E-state index in [1.165, 1.54) is 6.34 Å². The van der Waals surface area contributed by atoms with Crippen LogP contribution < -0.4 is 4.90 Å². The van der Waals surface area contributed by atoms with Gasteiger partial charge in [0.2, 0.25) is 5.62 Å². The largest absolute Gasteiger partial charge is 0.297 e. The minimum absolute atomic E-state index is 0.389. The maximum absolute atomic E-state index is 5.95. The molecule has 3 nitrogen and oxygen atoms in total. The Morgan fingerprint density at radius 1 is 1.23 bits per heavy atom. The summed E-state index contributed by atoms with van der Waals surface area (Å²) in [4.78, 5) is 9.66. The molecule has 66 valence electrons. The monoisotopic (exact) mass is 193 g/mol. The molecule has 1 aromatic rings. The zero-order chi connectivity index (χ0) is 9.10. The first kappa shape index (κ1) is 8.26. The Hall–Kier alpha value is -1.35. The molecule has 0 radical (unpaired) electrons. The molecule has 0 aliphatic carbocycles. The van der Waals surface area contributed by atoms with Crippen LogP contribution in [0, 0.1) is 0 Å². The molecule has 0 bridgehead atoms. The van der Waals surface area contributed by atoms with Gasteiger partial charge < -0.3 is 0 Å². The fraction of sp³-hybridized carbons (Fsp3) is 0.111. The van der Waals surface area contributed by atoms with Crippen molar-refractivity contribution in [3.8, 4) is 0 Å². The first-order valence-electron chi connectivity index (χ1n) is 3.90. The van der Waals surface area contributed by atoms with Crippen molar-refractivity contribution in [2.45, 2.75) is 5.62 Å². The maximum atomic E-state index is 5.95. The molecule has 2 rings (SSSR count). The summed E-state index contributed by atoms with van der Waals surface area (Å²) >= 11 is 5.95. The van der Waals surface area contributed by atoms with Crippen LogP contribution in [0.3, 0.4) is 0 Å². The highest BCUT2D eigenvalue weighted by molar-refractivity contribution is 6.24.